The molecule has 0 atom stereocenters. The molecule has 0 saturated carbocycles. The second-order valence-corrected chi connectivity index (χ2v) is 6.79. The van der Waals surface area contributed by atoms with Crippen LogP contribution in [0.1, 0.15) is 11.1 Å². The van der Waals surface area contributed by atoms with Crippen molar-refractivity contribution in [2.24, 2.45) is 0 Å². The molecule has 30 heavy (non-hydrogen) atoms. The molecule has 0 aliphatic carbocycles. The van der Waals surface area contributed by atoms with Crippen LogP contribution in [0.5, 0.6) is 0 Å². The van der Waals surface area contributed by atoms with E-state index in [0.717, 1.165) is 11.6 Å². The molecule has 0 saturated heterocycles. The van der Waals surface area contributed by atoms with Gasteiger partial charge in [0.25, 0.3) is 0 Å². The van der Waals surface area contributed by atoms with E-state index in [1.54, 1.807) is 18.2 Å². The van der Waals surface area contributed by atoms with Gasteiger partial charge >= 0.3 is 6.03 Å². The third kappa shape index (κ3) is 4.17. The van der Waals surface area contributed by atoms with Gasteiger partial charge in [0.05, 0.1) is 18.0 Å². The van der Waals surface area contributed by atoms with Crippen molar-refractivity contribution in [2.45, 2.75) is 13.0 Å². The lowest BCUT2D eigenvalue weighted by atomic mass is 10.0. The van der Waals surface area contributed by atoms with Crippen molar-refractivity contribution in [1.29, 1.82) is 0 Å². The van der Waals surface area contributed by atoms with Crippen molar-refractivity contribution in [3.63, 3.8) is 0 Å². The molecule has 2 amide bonds. The summed E-state index contributed by atoms with van der Waals surface area (Å²) >= 11 is 0. The number of aromatic amines is 1. The van der Waals surface area contributed by atoms with Crippen LogP contribution >= 0.6 is 0 Å². The minimum absolute atomic E-state index is 0.162. The Morgan fingerprint density at radius 3 is 2.53 bits per heavy atom. The van der Waals surface area contributed by atoms with Crippen molar-refractivity contribution in [3.8, 4) is 11.3 Å². The van der Waals surface area contributed by atoms with E-state index in [1.165, 1.54) is 30.7 Å². The van der Waals surface area contributed by atoms with Crippen LogP contribution in [0.3, 0.4) is 0 Å². The van der Waals surface area contributed by atoms with Gasteiger partial charge in [0, 0.05) is 35.8 Å². The van der Waals surface area contributed by atoms with Gasteiger partial charge in [-0.1, -0.05) is 0 Å². The number of nitrogens with one attached hydrogen (secondary N) is 3. The Balaban J connectivity index is 1.54. The van der Waals surface area contributed by atoms with E-state index in [9.17, 15) is 18.0 Å². The predicted molar refractivity (Wildman–Crippen MR) is 106 cm³/mol. The van der Waals surface area contributed by atoms with Gasteiger partial charge in [-0.05, 0) is 53.9 Å². The highest BCUT2D eigenvalue weighted by Gasteiger charge is 2.17. The number of fused-ring (bicyclic) bond motifs is 1. The Morgan fingerprint density at radius 1 is 1.00 bits per heavy atom. The van der Waals surface area contributed by atoms with Gasteiger partial charge in [-0.15, -0.1) is 0 Å². The van der Waals surface area contributed by atoms with Crippen LogP contribution in [0.2, 0.25) is 0 Å². The van der Waals surface area contributed by atoms with Crippen LogP contribution in [-0.4, -0.2) is 17.6 Å². The molecule has 0 radical (unpaired) electrons. The highest BCUT2D eigenvalue weighted by atomic mass is 19.1. The molecule has 3 N–H and O–H groups in total. The number of carbonyl (C=O) groups is 1. The van der Waals surface area contributed by atoms with E-state index in [1.807, 2.05) is 0 Å². The SMILES string of the molecule is O=C(NCCc1c(-c2ccc(F)cc2)[nH]c2c(F)cc(F)cc12)NCc1ccoc1. The number of carbonyl (C=O) groups excluding carboxylic acids is 1. The summed E-state index contributed by atoms with van der Waals surface area (Å²) < 4.78 is 46.4. The van der Waals surface area contributed by atoms with Crippen LogP contribution < -0.4 is 10.6 Å². The molecule has 0 bridgehead atoms. The molecule has 8 heteroatoms. The highest BCUT2D eigenvalue weighted by Crippen LogP contribution is 2.32. The van der Waals surface area contributed by atoms with Gasteiger partial charge in [-0.2, -0.15) is 0 Å². The molecule has 0 aliphatic rings. The van der Waals surface area contributed by atoms with Crippen molar-refractivity contribution < 1.29 is 22.4 Å². The number of H-pyrrole nitrogens is 1. The van der Waals surface area contributed by atoms with Crippen LogP contribution in [0.25, 0.3) is 22.2 Å². The number of rotatable bonds is 6. The molecular weight excluding hydrogens is 395 g/mol. The van der Waals surface area contributed by atoms with Gasteiger partial charge in [-0.25, -0.2) is 18.0 Å². The average molecular weight is 413 g/mol. The first-order chi connectivity index (χ1) is 14.5. The van der Waals surface area contributed by atoms with Gasteiger partial charge in [0.15, 0.2) is 0 Å². The summed E-state index contributed by atoms with van der Waals surface area (Å²) in [7, 11) is 0. The van der Waals surface area contributed by atoms with E-state index >= 15 is 0 Å². The lowest BCUT2D eigenvalue weighted by Crippen LogP contribution is -2.36. The van der Waals surface area contributed by atoms with Crippen LogP contribution in [0, 0.1) is 17.5 Å². The van der Waals surface area contributed by atoms with E-state index in [-0.39, 0.29) is 18.1 Å². The Bertz CT molecular complexity index is 1170. The normalized spacial score (nSPS) is 11.0. The van der Waals surface area contributed by atoms with Gasteiger partial charge < -0.3 is 20.0 Å². The quantitative estimate of drug-likeness (QED) is 0.421. The Kier molecular flexibility index (Phi) is 5.47. The van der Waals surface area contributed by atoms with Crippen molar-refractivity contribution in [3.05, 3.63) is 83.6 Å². The first-order valence-electron chi connectivity index (χ1n) is 9.29. The van der Waals surface area contributed by atoms with Crippen molar-refractivity contribution >= 4 is 16.9 Å². The maximum absolute atomic E-state index is 14.3. The molecule has 2 aromatic heterocycles. The Morgan fingerprint density at radius 2 is 1.80 bits per heavy atom. The summed E-state index contributed by atoms with van der Waals surface area (Å²) in [6, 6.07) is 9.12. The van der Waals surface area contributed by atoms with E-state index in [0.29, 0.717) is 35.2 Å². The lowest BCUT2D eigenvalue weighted by molar-refractivity contribution is 0.240. The van der Waals surface area contributed by atoms with Crippen LogP contribution in [0.15, 0.2) is 59.4 Å². The zero-order chi connectivity index (χ0) is 21.1. The fraction of sp³-hybridized carbons (Fsp3) is 0.136. The maximum Gasteiger partial charge on any atom is 0.315 e. The van der Waals surface area contributed by atoms with Crippen molar-refractivity contribution in [2.75, 3.05) is 6.54 Å². The zero-order valence-electron chi connectivity index (χ0n) is 15.8. The number of furan rings is 1. The number of amides is 2. The fourth-order valence-electron chi connectivity index (χ4n) is 3.34. The maximum atomic E-state index is 14.3. The number of hydrogen-bond acceptors (Lipinski definition) is 2. The second-order valence-electron chi connectivity index (χ2n) is 6.79. The molecule has 2 heterocycles. The predicted octanol–water partition coefficient (Wildman–Crippen LogP) is 4.89. The smallest absolute Gasteiger partial charge is 0.315 e. The summed E-state index contributed by atoms with van der Waals surface area (Å²) in [6.07, 6.45) is 3.36. The van der Waals surface area contributed by atoms with E-state index in [4.69, 9.17) is 4.42 Å². The van der Waals surface area contributed by atoms with E-state index < -0.39 is 17.5 Å². The second kappa shape index (κ2) is 8.36. The third-order valence-electron chi connectivity index (χ3n) is 4.76. The molecule has 4 rings (SSSR count). The molecule has 0 spiro atoms. The molecule has 5 nitrogen and oxygen atoms in total. The number of benzene rings is 2. The first-order valence-corrected chi connectivity index (χ1v) is 9.29. The molecule has 4 aromatic rings. The van der Waals surface area contributed by atoms with Gasteiger partial charge in [-0.3, -0.25) is 0 Å². The zero-order valence-corrected chi connectivity index (χ0v) is 15.8. The summed E-state index contributed by atoms with van der Waals surface area (Å²) in [5.41, 5.74) is 2.80. The molecule has 2 aromatic carbocycles. The third-order valence-corrected chi connectivity index (χ3v) is 4.76. The Hall–Kier alpha value is -3.68. The highest BCUT2D eigenvalue weighted by molar-refractivity contribution is 5.91. The largest absolute Gasteiger partial charge is 0.472 e. The average Bonchev–Trinajstić information content (AvgIpc) is 3.36. The number of hydrogen-bond donors (Lipinski definition) is 3. The minimum Gasteiger partial charge on any atom is -0.472 e. The van der Waals surface area contributed by atoms with Crippen molar-refractivity contribution in [1.82, 2.24) is 15.6 Å². The van der Waals surface area contributed by atoms with Crippen LogP contribution in [-0.2, 0) is 13.0 Å². The minimum atomic E-state index is -0.717. The number of aromatic nitrogens is 1. The Labute approximate surface area is 169 Å². The van der Waals surface area contributed by atoms with E-state index in [2.05, 4.69) is 15.6 Å². The van der Waals surface area contributed by atoms with Gasteiger partial charge in [0.2, 0.25) is 0 Å². The summed E-state index contributed by atoms with van der Waals surface area (Å²) in [5, 5.41) is 5.80. The molecule has 0 unspecified atom stereocenters. The topological polar surface area (TPSA) is 70.1 Å². The molecule has 0 aliphatic heterocycles. The lowest BCUT2D eigenvalue weighted by Gasteiger charge is -2.08. The monoisotopic (exact) mass is 413 g/mol. The summed E-state index contributed by atoms with van der Waals surface area (Å²) in [5.74, 6) is -1.81. The number of urea groups is 1. The molecular formula is C22H18F3N3O2. The molecule has 154 valence electrons. The van der Waals surface area contributed by atoms with Gasteiger partial charge in [0.1, 0.15) is 17.5 Å². The van der Waals surface area contributed by atoms with Crippen LogP contribution in [0.4, 0.5) is 18.0 Å². The standard InChI is InChI=1S/C22H18F3N3O2/c23-15-3-1-14(2-4-15)20-17(18-9-16(24)10-19(25)21(18)28-20)5-7-26-22(29)27-11-13-6-8-30-12-13/h1-4,6,8-10,12,28H,5,7,11H2,(H2,26,27,29). The summed E-state index contributed by atoms with van der Waals surface area (Å²) in [6.45, 7) is 0.545. The summed E-state index contributed by atoms with van der Waals surface area (Å²) in [4.78, 5) is 15.0. The number of halogens is 3. The first kappa shape index (κ1) is 19.6. The fourth-order valence-corrected chi connectivity index (χ4v) is 3.34. The molecule has 0 fully saturated rings.